The normalized spacial score (nSPS) is 9.84. The smallest absolute Gasteiger partial charge is 0.358 e. The lowest BCUT2D eigenvalue weighted by atomic mass is 10.2. The van der Waals surface area contributed by atoms with E-state index in [0.717, 1.165) is 0 Å². The van der Waals surface area contributed by atoms with Crippen molar-refractivity contribution < 1.29 is 14.6 Å². The summed E-state index contributed by atoms with van der Waals surface area (Å²) in [6.45, 7) is 0.675. The van der Waals surface area contributed by atoms with E-state index in [2.05, 4.69) is 10.3 Å². The van der Waals surface area contributed by atoms with Crippen LogP contribution in [0.15, 0.2) is 30.5 Å². The first-order valence-electron chi connectivity index (χ1n) is 5.45. The maximum Gasteiger partial charge on any atom is 0.358 e. The van der Waals surface area contributed by atoms with Gasteiger partial charge in [0.25, 0.3) is 0 Å². The second-order valence-corrected chi connectivity index (χ2v) is 3.66. The quantitative estimate of drug-likeness (QED) is 0.855. The van der Waals surface area contributed by atoms with Crippen LogP contribution in [0.2, 0.25) is 0 Å². The molecular weight excluding hydrogens is 248 g/mol. The van der Waals surface area contributed by atoms with Crippen LogP contribution in [0.3, 0.4) is 0 Å². The van der Waals surface area contributed by atoms with E-state index < -0.39 is 5.97 Å². The molecule has 1 N–H and O–H groups in total. The summed E-state index contributed by atoms with van der Waals surface area (Å²) in [7, 11) is 0. The lowest BCUT2D eigenvalue weighted by Crippen LogP contribution is -2.08. The summed E-state index contributed by atoms with van der Waals surface area (Å²) in [6, 6.07) is 8.80. The van der Waals surface area contributed by atoms with E-state index in [9.17, 15) is 4.79 Å². The molecule has 2 aromatic rings. The van der Waals surface area contributed by atoms with Gasteiger partial charge in [-0.3, -0.25) is 0 Å². The highest BCUT2D eigenvalue weighted by Gasteiger charge is 2.07. The number of aromatic nitrogens is 3. The average Bonchev–Trinajstić information content (AvgIpc) is 2.88. The van der Waals surface area contributed by atoms with Crippen molar-refractivity contribution in [3.63, 3.8) is 0 Å². The molecule has 2 rings (SSSR count). The van der Waals surface area contributed by atoms with Crippen LogP contribution in [-0.2, 0) is 6.54 Å². The van der Waals surface area contributed by atoms with Crippen molar-refractivity contribution in [3.8, 4) is 11.8 Å². The first kappa shape index (κ1) is 12.6. The Hall–Kier alpha value is -2.88. The van der Waals surface area contributed by atoms with Crippen LogP contribution in [0.4, 0.5) is 0 Å². The zero-order chi connectivity index (χ0) is 13.7. The highest BCUT2D eigenvalue weighted by atomic mass is 16.5. The Labute approximate surface area is 108 Å². The van der Waals surface area contributed by atoms with Gasteiger partial charge in [-0.1, -0.05) is 11.3 Å². The van der Waals surface area contributed by atoms with Crippen LogP contribution in [0.5, 0.6) is 5.75 Å². The second kappa shape index (κ2) is 5.64. The Kier molecular flexibility index (Phi) is 3.73. The van der Waals surface area contributed by atoms with Gasteiger partial charge in [0.2, 0.25) is 0 Å². The molecule has 19 heavy (non-hydrogen) atoms. The number of nitriles is 1. The summed E-state index contributed by atoms with van der Waals surface area (Å²) in [5, 5.41) is 24.6. The average molecular weight is 258 g/mol. The van der Waals surface area contributed by atoms with E-state index in [1.54, 1.807) is 24.3 Å². The number of aromatic carboxylic acids is 1. The highest BCUT2D eigenvalue weighted by Crippen LogP contribution is 2.12. The van der Waals surface area contributed by atoms with Crippen LogP contribution in [-0.4, -0.2) is 32.7 Å². The molecule has 0 radical (unpaired) electrons. The zero-order valence-electron chi connectivity index (χ0n) is 9.85. The standard InChI is InChI=1S/C12H10N4O3/c13-7-9-2-1-3-10(6-9)19-5-4-16-8-11(12(17)18)14-15-16/h1-3,6,8H,4-5H2,(H,17,18). The fourth-order valence-corrected chi connectivity index (χ4v) is 1.42. The Balaban J connectivity index is 1.89. The van der Waals surface area contributed by atoms with Gasteiger partial charge in [0.05, 0.1) is 24.4 Å². The van der Waals surface area contributed by atoms with Gasteiger partial charge < -0.3 is 9.84 Å². The van der Waals surface area contributed by atoms with Crippen molar-refractivity contribution >= 4 is 5.97 Å². The molecule has 0 atom stereocenters. The monoisotopic (exact) mass is 258 g/mol. The van der Waals surface area contributed by atoms with Crippen molar-refractivity contribution in [1.29, 1.82) is 5.26 Å². The van der Waals surface area contributed by atoms with E-state index in [0.29, 0.717) is 24.5 Å². The molecule has 0 saturated carbocycles. The molecule has 0 aliphatic rings. The number of nitrogens with zero attached hydrogens (tertiary/aromatic N) is 4. The van der Waals surface area contributed by atoms with Gasteiger partial charge >= 0.3 is 5.97 Å². The van der Waals surface area contributed by atoms with E-state index >= 15 is 0 Å². The molecule has 0 spiro atoms. The van der Waals surface area contributed by atoms with Gasteiger partial charge in [-0.25, -0.2) is 9.48 Å². The fraction of sp³-hybridized carbons (Fsp3) is 0.167. The summed E-state index contributed by atoms with van der Waals surface area (Å²) in [5.74, 6) is -0.536. The highest BCUT2D eigenvalue weighted by molar-refractivity contribution is 5.84. The molecule has 0 unspecified atom stereocenters. The van der Waals surface area contributed by atoms with Gasteiger partial charge in [-0.15, -0.1) is 5.10 Å². The third-order valence-corrected chi connectivity index (χ3v) is 2.31. The summed E-state index contributed by atoms with van der Waals surface area (Å²) >= 11 is 0. The number of benzene rings is 1. The van der Waals surface area contributed by atoms with Crippen LogP contribution >= 0.6 is 0 Å². The maximum absolute atomic E-state index is 10.6. The first-order chi connectivity index (χ1) is 9.19. The van der Waals surface area contributed by atoms with Crippen molar-refractivity contribution in [2.45, 2.75) is 6.54 Å². The van der Waals surface area contributed by atoms with Crippen LogP contribution in [0.25, 0.3) is 0 Å². The van der Waals surface area contributed by atoms with Crippen molar-refractivity contribution in [2.75, 3.05) is 6.61 Å². The predicted octanol–water partition coefficient (Wildman–Crippen LogP) is 0.927. The minimum atomic E-state index is -1.12. The Morgan fingerprint density at radius 2 is 2.37 bits per heavy atom. The number of hydrogen-bond donors (Lipinski definition) is 1. The summed E-state index contributed by atoms with van der Waals surface area (Å²) in [5.41, 5.74) is 0.415. The van der Waals surface area contributed by atoms with E-state index in [1.807, 2.05) is 6.07 Å². The number of rotatable bonds is 5. The molecule has 7 heteroatoms. The van der Waals surface area contributed by atoms with Crippen molar-refractivity contribution in [2.24, 2.45) is 0 Å². The molecule has 96 valence electrons. The summed E-state index contributed by atoms with van der Waals surface area (Å²) in [4.78, 5) is 10.6. The van der Waals surface area contributed by atoms with E-state index in [-0.39, 0.29) is 5.69 Å². The van der Waals surface area contributed by atoms with E-state index in [1.165, 1.54) is 10.9 Å². The summed E-state index contributed by atoms with van der Waals surface area (Å²) < 4.78 is 6.82. The van der Waals surface area contributed by atoms with Crippen molar-refractivity contribution in [3.05, 3.63) is 41.7 Å². The largest absolute Gasteiger partial charge is 0.492 e. The Bertz CT molecular complexity index is 630. The predicted molar refractivity (Wildman–Crippen MR) is 63.6 cm³/mol. The van der Waals surface area contributed by atoms with Gasteiger partial charge in [-0.05, 0) is 18.2 Å². The van der Waals surface area contributed by atoms with E-state index in [4.69, 9.17) is 15.1 Å². The van der Waals surface area contributed by atoms with Gasteiger partial charge in [0.15, 0.2) is 5.69 Å². The maximum atomic E-state index is 10.6. The molecule has 7 nitrogen and oxygen atoms in total. The lowest BCUT2D eigenvalue weighted by molar-refractivity contribution is 0.0690. The minimum Gasteiger partial charge on any atom is -0.492 e. The fourth-order valence-electron chi connectivity index (χ4n) is 1.42. The van der Waals surface area contributed by atoms with Gasteiger partial charge in [0, 0.05) is 0 Å². The third kappa shape index (κ3) is 3.29. The van der Waals surface area contributed by atoms with Crippen LogP contribution < -0.4 is 4.74 Å². The molecular formula is C12H10N4O3. The molecule has 0 aliphatic heterocycles. The number of carboxylic acids is 1. The third-order valence-electron chi connectivity index (χ3n) is 2.31. The van der Waals surface area contributed by atoms with Gasteiger partial charge in [-0.2, -0.15) is 5.26 Å². The Morgan fingerprint density at radius 1 is 1.53 bits per heavy atom. The van der Waals surface area contributed by atoms with Crippen molar-refractivity contribution in [1.82, 2.24) is 15.0 Å². The topological polar surface area (TPSA) is 101 Å². The zero-order valence-corrected chi connectivity index (χ0v) is 9.85. The van der Waals surface area contributed by atoms with Gasteiger partial charge in [0.1, 0.15) is 12.4 Å². The Morgan fingerprint density at radius 3 is 3.05 bits per heavy atom. The minimum absolute atomic E-state index is 0.105. The number of carboxylic acid groups (broad SMARTS) is 1. The molecule has 1 heterocycles. The number of hydrogen-bond acceptors (Lipinski definition) is 5. The SMILES string of the molecule is N#Cc1cccc(OCCn2cc(C(=O)O)nn2)c1. The molecule has 0 amide bonds. The molecule has 1 aromatic heterocycles. The molecule has 0 fully saturated rings. The number of ether oxygens (including phenoxy) is 1. The van der Waals surface area contributed by atoms with Crippen LogP contribution in [0.1, 0.15) is 16.1 Å². The molecule has 1 aromatic carbocycles. The lowest BCUT2D eigenvalue weighted by Gasteiger charge is -2.05. The molecule has 0 saturated heterocycles. The van der Waals surface area contributed by atoms with Crippen LogP contribution in [0, 0.1) is 11.3 Å². The molecule has 0 bridgehead atoms. The number of carbonyl (C=O) groups is 1. The molecule has 0 aliphatic carbocycles. The summed E-state index contributed by atoms with van der Waals surface area (Å²) in [6.07, 6.45) is 1.33. The second-order valence-electron chi connectivity index (χ2n) is 3.66. The first-order valence-corrected chi connectivity index (χ1v) is 5.45.